The molecular weight excluding hydrogens is 1580 g/mol. The Hall–Kier alpha value is -10.8. The number of imidazole rings is 1. The first-order valence-corrected chi connectivity index (χ1v) is 39.9. The van der Waals surface area contributed by atoms with Crippen molar-refractivity contribution in [2.75, 3.05) is 44.7 Å². The molecule has 2 unspecified atom stereocenters. The van der Waals surface area contributed by atoms with Gasteiger partial charge in [0.1, 0.15) is 95.5 Å². The van der Waals surface area contributed by atoms with Crippen LogP contribution >= 0.6 is 38.8 Å². The van der Waals surface area contributed by atoms with Crippen LogP contribution in [0, 0.1) is 12.8 Å². The summed E-state index contributed by atoms with van der Waals surface area (Å²) in [5.74, 6) is -2.47. The van der Waals surface area contributed by atoms with Gasteiger partial charge in [-0.15, -0.1) is 0 Å². The van der Waals surface area contributed by atoms with E-state index in [1.807, 2.05) is 54.6 Å². The molecule has 0 bridgehead atoms. The molecule has 3 aliphatic rings. The molecule has 0 aliphatic carbocycles. The zero-order chi connectivity index (χ0) is 81.3. The molecule has 3 saturated heterocycles. The number of carbonyl (C=O) groups is 4. The summed E-state index contributed by atoms with van der Waals surface area (Å²) >= 11 is 13.5. The van der Waals surface area contributed by atoms with Crippen LogP contribution in [0.3, 0.4) is 0 Å². The van der Waals surface area contributed by atoms with Gasteiger partial charge >= 0.3 is 33.0 Å². The summed E-state index contributed by atoms with van der Waals surface area (Å²) in [7, 11) is -7.60. The number of aryl methyl sites for hydroxylation is 1. The van der Waals surface area contributed by atoms with Gasteiger partial charge in [-0.1, -0.05) is 134 Å². The Morgan fingerprint density at radius 3 is 1.66 bits per heavy atom. The summed E-state index contributed by atoms with van der Waals surface area (Å²) in [6.45, 7) is 3.90. The molecule has 10 aromatic rings. The number of nitrogens with zero attached hydrogens (tertiary/aromatic N) is 6. The van der Waals surface area contributed by atoms with Crippen LogP contribution in [-0.2, 0) is 70.9 Å². The minimum absolute atomic E-state index is 0.0447. The summed E-state index contributed by atoms with van der Waals surface area (Å²) in [5, 5.41) is 5.07. The van der Waals surface area contributed by atoms with Crippen LogP contribution in [0.2, 0.25) is 10.0 Å². The number of fused-ring (bicyclic) bond motifs is 1. The number of hydrogen-bond donors (Lipinski definition) is 4. The first kappa shape index (κ1) is 82.2. The summed E-state index contributed by atoms with van der Waals surface area (Å²) in [6.07, 6.45) is -10.4. The Balaban J connectivity index is 0.883. The Morgan fingerprint density at radius 2 is 1.11 bits per heavy atom. The van der Waals surface area contributed by atoms with Crippen LogP contribution in [0.5, 0.6) is 23.0 Å². The number of esters is 1. The zero-order valence-electron chi connectivity index (χ0n) is 62.5. The van der Waals surface area contributed by atoms with Gasteiger partial charge in [-0.25, -0.2) is 23.7 Å². The minimum Gasteiger partial charge on any atom is -0.497 e. The molecule has 2 amide bonds. The number of methoxy groups -OCH3 is 2. The molecule has 7 heterocycles. The maximum atomic E-state index is 16.6. The van der Waals surface area contributed by atoms with E-state index in [0.29, 0.717) is 28.2 Å². The number of hydrogen-bond acceptors (Lipinski definition) is 26. The molecule has 0 spiro atoms. The van der Waals surface area contributed by atoms with Crippen LogP contribution in [0.25, 0.3) is 11.2 Å². The van der Waals surface area contributed by atoms with Gasteiger partial charge in [0.25, 0.3) is 17.0 Å². The Kier molecular flexibility index (Phi) is 25.7. The second kappa shape index (κ2) is 36.0. The number of para-hydroxylation sites is 2. The number of aromatic amines is 2. The normalized spacial score (nSPS) is 20.4. The highest BCUT2D eigenvalue weighted by Crippen LogP contribution is 2.58. The Morgan fingerprint density at radius 1 is 0.600 bits per heavy atom. The number of phosphoric ester groups is 2. The molecule has 3 fully saturated rings. The van der Waals surface area contributed by atoms with Crippen molar-refractivity contribution in [1.29, 1.82) is 0 Å². The van der Waals surface area contributed by atoms with Gasteiger partial charge in [-0.05, 0) is 97.3 Å². The number of carbonyl (C=O) groups excluding carboxylic acids is 4. The van der Waals surface area contributed by atoms with Crippen molar-refractivity contribution in [2.45, 2.75) is 121 Å². The van der Waals surface area contributed by atoms with E-state index in [0.717, 1.165) is 9.13 Å². The molecular formula is C78H78Cl2N10O23P2. The molecule has 4 N–H and O–H groups in total. The second-order valence-corrected chi connectivity index (χ2v) is 31.0. The molecule has 37 heteroatoms. The molecule has 602 valence electrons. The lowest BCUT2D eigenvalue weighted by Gasteiger charge is -2.37. The van der Waals surface area contributed by atoms with Crippen LogP contribution < -0.4 is 51.7 Å². The van der Waals surface area contributed by atoms with Crippen molar-refractivity contribution < 1.29 is 88.6 Å². The quantitative estimate of drug-likeness (QED) is 0.0169. The monoisotopic (exact) mass is 1650 g/mol. The number of anilines is 2. The maximum Gasteiger partial charge on any atom is 0.530 e. The molecule has 0 saturated carbocycles. The highest BCUT2D eigenvalue weighted by atomic mass is 35.5. The topological polar surface area (TPSA) is 400 Å². The first-order valence-electron chi connectivity index (χ1n) is 36.2. The molecule has 6 aromatic carbocycles. The van der Waals surface area contributed by atoms with E-state index in [-0.39, 0.29) is 87.1 Å². The molecule has 3 aliphatic heterocycles. The lowest BCUT2D eigenvalue weighted by Crippen LogP contribution is -2.38. The third-order valence-electron chi connectivity index (χ3n) is 18.9. The number of benzene rings is 6. The fourth-order valence-electron chi connectivity index (χ4n) is 13.0. The first-order chi connectivity index (χ1) is 55.3. The van der Waals surface area contributed by atoms with Gasteiger partial charge in [0.05, 0.1) is 56.8 Å². The summed E-state index contributed by atoms with van der Waals surface area (Å²) < 4.78 is 119. The van der Waals surface area contributed by atoms with Gasteiger partial charge in [0.2, 0.25) is 11.9 Å². The van der Waals surface area contributed by atoms with Crippen molar-refractivity contribution in [3.8, 4) is 23.0 Å². The largest absolute Gasteiger partial charge is 0.530 e. The SMILES string of the molecule is COc1ccc(C(OC[C@H]2O[C@@H](n3cnc4c(=O)[nH]c(NC(=O)C(C)C)nc43)C[C@@H]2OP(=O)(OC[C@H]2O[C@@H](n3ccc(NC(=O)c4ccccc4)nc3=O)C[C@@H]2OP(=O)(OC[C@H]2O[C@@H](n3cc(C)c(=O)[nH]c3=O)C[C@@H]2OC(=O)CCC(C)=O)Oc2ccccc2Cl)Oc2ccccc2Cl)(c2ccccc2)c2ccc(OC)cc2)cc1. The fraction of sp³-hybridized carbons (Fsp3) is 0.321. The van der Waals surface area contributed by atoms with E-state index in [4.69, 9.17) is 83.5 Å². The van der Waals surface area contributed by atoms with Gasteiger partial charge in [0.15, 0.2) is 11.2 Å². The number of amides is 2. The lowest BCUT2D eigenvalue weighted by molar-refractivity contribution is -0.153. The van der Waals surface area contributed by atoms with E-state index in [1.54, 1.807) is 80.6 Å². The molecule has 11 atom stereocenters. The molecule has 33 nitrogen and oxygen atoms in total. The van der Waals surface area contributed by atoms with E-state index in [9.17, 15) is 38.4 Å². The summed E-state index contributed by atoms with van der Waals surface area (Å²) in [4.78, 5) is 124. The predicted molar refractivity (Wildman–Crippen MR) is 415 cm³/mol. The smallest absolute Gasteiger partial charge is 0.497 e. The standard InChI is InChI=1S/C78H78Cl2N10O23P2/c1-45(2)71(93)85-75-84-70-69(74(96)86-75)81-44-90(70)67-39-59(61(106-67)41-103-78(49-19-11-8-12-20-49,50-26-30-52(101-5)31-27-50)51-28-32-53(102-6)33-29-51)112-115(100,111-57-24-16-14-22-55(57)80)105-43-63-60(38-65(108-63)88-36-35-64(83-76(88)97)82-73(95)48-17-9-7-10-18-48)113-114(99,110-56-23-15-13-21-54(56)79)104-42-62-58(109-68(92)34-25-47(4)91)37-66(107-62)89-40-46(3)72(94)87-77(89)98/h7-24,26-33,35-36,40,44-45,58-63,65-67H,25,34,37-39,41-43H2,1-6H3,(H,87,94,98)(H,82,83,95,97)(H2,84,85,86,93,96)/t58-,59-,60-,61+,62+,63+,65+,66+,67+,114?,115?/m0/s1. The van der Waals surface area contributed by atoms with Crippen molar-refractivity contribution in [2.24, 2.45) is 5.92 Å². The number of rotatable bonds is 33. The number of aromatic nitrogens is 8. The van der Waals surface area contributed by atoms with E-state index >= 15 is 9.13 Å². The Bertz CT molecular complexity index is 5500. The van der Waals surface area contributed by atoms with Crippen molar-refractivity contribution in [3.63, 3.8) is 0 Å². The fourth-order valence-corrected chi connectivity index (χ4v) is 16.4. The number of phosphoric acid groups is 2. The summed E-state index contributed by atoms with van der Waals surface area (Å²) in [5.41, 5.74) is -2.71. The van der Waals surface area contributed by atoms with Crippen LogP contribution in [0.4, 0.5) is 11.8 Å². The summed E-state index contributed by atoms with van der Waals surface area (Å²) in [6, 6.07) is 45.0. The van der Waals surface area contributed by atoms with Gasteiger partial charge < -0.3 is 52.3 Å². The van der Waals surface area contributed by atoms with Crippen molar-refractivity contribution >= 4 is 85.3 Å². The van der Waals surface area contributed by atoms with E-state index < -0.39 is 149 Å². The van der Waals surface area contributed by atoms with E-state index in [2.05, 4.69) is 35.6 Å². The van der Waals surface area contributed by atoms with Crippen molar-refractivity contribution in [3.05, 3.63) is 262 Å². The van der Waals surface area contributed by atoms with Gasteiger partial charge in [-0.3, -0.25) is 71.1 Å². The average Bonchev–Trinajstić information content (AvgIpc) is 1.64. The molecule has 13 rings (SSSR count). The lowest BCUT2D eigenvalue weighted by atomic mass is 9.80. The Labute approximate surface area is 665 Å². The number of Topliss-reactive ketones (excluding diaryl/α,β-unsaturated/α-hetero) is 1. The van der Waals surface area contributed by atoms with Gasteiger partial charge in [0, 0.05) is 55.1 Å². The number of nitrogens with one attached hydrogen (secondary N) is 4. The van der Waals surface area contributed by atoms with E-state index in [1.165, 1.54) is 93.8 Å². The highest BCUT2D eigenvalue weighted by Gasteiger charge is 2.51. The molecule has 0 radical (unpaired) electrons. The van der Waals surface area contributed by atoms with Crippen LogP contribution in [0.15, 0.2) is 202 Å². The number of ketones is 1. The van der Waals surface area contributed by atoms with Crippen LogP contribution in [0.1, 0.15) is 104 Å². The average molecular weight is 1660 g/mol. The number of ether oxygens (including phenoxy) is 7. The highest BCUT2D eigenvalue weighted by molar-refractivity contribution is 7.49. The third kappa shape index (κ3) is 19.3. The molecule has 4 aromatic heterocycles. The third-order valence-corrected chi connectivity index (χ3v) is 22.4. The second-order valence-electron chi connectivity index (χ2n) is 27.1. The zero-order valence-corrected chi connectivity index (χ0v) is 65.8. The molecule has 115 heavy (non-hydrogen) atoms. The van der Waals surface area contributed by atoms with Crippen LogP contribution in [-0.4, -0.2) is 133 Å². The predicted octanol–water partition coefficient (Wildman–Crippen LogP) is 11.7. The van der Waals surface area contributed by atoms with Gasteiger partial charge in [-0.2, -0.15) is 9.97 Å². The number of halogens is 2. The minimum atomic E-state index is -5.36. The van der Waals surface area contributed by atoms with Crippen molar-refractivity contribution in [1.82, 2.24) is 38.6 Å². The number of H-pyrrole nitrogens is 2. The maximum absolute atomic E-state index is 16.6.